The Morgan fingerprint density at radius 1 is 1.00 bits per heavy atom. The highest BCUT2D eigenvalue weighted by Crippen LogP contribution is 2.32. The Hall–Kier alpha value is -3.60. The number of carbonyl (C=O) groups excluding carboxylic acids is 2. The fraction of sp³-hybridized carbons (Fsp3) is 0.200. The number of hydrogen-bond acceptors (Lipinski definition) is 3. The Labute approximate surface area is 176 Å². The van der Waals surface area contributed by atoms with Gasteiger partial charge in [0.2, 0.25) is 11.8 Å². The molecule has 2 amide bonds. The third kappa shape index (κ3) is 4.06. The molecule has 1 atom stereocenters. The number of amides is 2. The number of nitrogens with zero attached hydrogens (tertiary/aromatic N) is 1. The highest BCUT2D eigenvalue weighted by atomic mass is 16.5. The second-order valence-electron chi connectivity index (χ2n) is 7.32. The van der Waals surface area contributed by atoms with Crippen LogP contribution >= 0.6 is 0 Å². The summed E-state index contributed by atoms with van der Waals surface area (Å²) in [6.45, 7) is 0.718. The predicted octanol–water partition coefficient (Wildman–Crippen LogP) is 3.64. The highest BCUT2D eigenvalue weighted by molar-refractivity contribution is 5.92. The summed E-state index contributed by atoms with van der Waals surface area (Å²) in [5.74, 6) is 0.478. The van der Waals surface area contributed by atoms with Crippen LogP contribution in [0.5, 0.6) is 5.75 Å². The zero-order valence-electron chi connectivity index (χ0n) is 16.9. The standard InChI is InChI=1S/C25H24N2O3/c1-30-22-14-8-6-12-20(22)16-26-25(29)24-21-13-7-5-11-19(21)15-23(28)27(24)17-18-9-3-2-4-10-18/h2-14,24H,15-17H2,1H3,(H,26,29)/t24-/m1/s1. The number of carbonyl (C=O) groups is 2. The van der Waals surface area contributed by atoms with E-state index in [4.69, 9.17) is 4.74 Å². The smallest absolute Gasteiger partial charge is 0.247 e. The molecule has 5 heteroatoms. The van der Waals surface area contributed by atoms with Crippen LogP contribution in [0.25, 0.3) is 0 Å². The van der Waals surface area contributed by atoms with E-state index in [1.54, 1.807) is 12.0 Å². The Kier molecular flexibility index (Phi) is 5.80. The van der Waals surface area contributed by atoms with Gasteiger partial charge in [0.25, 0.3) is 0 Å². The van der Waals surface area contributed by atoms with E-state index in [0.29, 0.717) is 19.5 Å². The highest BCUT2D eigenvalue weighted by Gasteiger charge is 2.36. The molecule has 1 N–H and O–H groups in total. The van der Waals surface area contributed by atoms with E-state index >= 15 is 0 Å². The first-order chi connectivity index (χ1) is 14.7. The maximum absolute atomic E-state index is 13.3. The van der Waals surface area contributed by atoms with Crippen molar-refractivity contribution in [3.8, 4) is 5.75 Å². The molecule has 0 saturated carbocycles. The normalized spacial score (nSPS) is 15.4. The van der Waals surface area contributed by atoms with Gasteiger partial charge in [0.05, 0.1) is 13.5 Å². The summed E-state index contributed by atoms with van der Waals surface area (Å²) >= 11 is 0. The van der Waals surface area contributed by atoms with Gasteiger partial charge in [-0.3, -0.25) is 9.59 Å². The summed E-state index contributed by atoms with van der Waals surface area (Å²) in [6.07, 6.45) is 0.305. The summed E-state index contributed by atoms with van der Waals surface area (Å²) in [7, 11) is 1.61. The van der Waals surface area contributed by atoms with Gasteiger partial charge in [-0.05, 0) is 22.8 Å². The summed E-state index contributed by atoms with van der Waals surface area (Å²) in [4.78, 5) is 28.0. The molecule has 0 aromatic heterocycles. The first kappa shape index (κ1) is 19.7. The number of methoxy groups -OCH3 is 1. The maximum Gasteiger partial charge on any atom is 0.247 e. The lowest BCUT2D eigenvalue weighted by Crippen LogP contribution is -2.46. The van der Waals surface area contributed by atoms with E-state index < -0.39 is 6.04 Å². The van der Waals surface area contributed by atoms with Gasteiger partial charge in [-0.25, -0.2) is 0 Å². The Morgan fingerprint density at radius 3 is 2.50 bits per heavy atom. The lowest BCUT2D eigenvalue weighted by atomic mass is 9.91. The van der Waals surface area contributed by atoms with Gasteiger partial charge in [0, 0.05) is 18.7 Å². The van der Waals surface area contributed by atoms with Crippen LogP contribution in [-0.4, -0.2) is 23.8 Å². The third-order valence-corrected chi connectivity index (χ3v) is 5.41. The van der Waals surface area contributed by atoms with Crippen molar-refractivity contribution in [3.63, 3.8) is 0 Å². The van der Waals surface area contributed by atoms with Crippen molar-refractivity contribution >= 4 is 11.8 Å². The zero-order chi connectivity index (χ0) is 20.9. The van der Waals surface area contributed by atoms with E-state index in [9.17, 15) is 9.59 Å². The van der Waals surface area contributed by atoms with E-state index in [1.165, 1.54) is 0 Å². The second kappa shape index (κ2) is 8.82. The van der Waals surface area contributed by atoms with Crippen molar-refractivity contribution in [1.29, 1.82) is 0 Å². The first-order valence-corrected chi connectivity index (χ1v) is 9.98. The molecule has 5 nitrogen and oxygen atoms in total. The van der Waals surface area contributed by atoms with Crippen molar-refractivity contribution in [3.05, 3.63) is 101 Å². The molecule has 1 heterocycles. The van der Waals surface area contributed by atoms with E-state index in [-0.39, 0.29) is 11.8 Å². The van der Waals surface area contributed by atoms with Crippen LogP contribution < -0.4 is 10.1 Å². The number of benzene rings is 3. The average Bonchev–Trinajstić information content (AvgIpc) is 2.79. The zero-order valence-corrected chi connectivity index (χ0v) is 16.9. The van der Waals surface area contributed by atoms with Gasteiger partial charge < -0.3 is 15.0 Å². The minimum atomic E-state index is -0.669. The van der Waals surface area contributed by atoms with Gasteiger partial charge in [0.1, 0.15) is 11.8 Å². The predicted molar refractivity (Wildman–Crippen MR) is 115 cm³/mol. The van der Waals surface area contributed by atoms with Crippen LogP contribution in [-0.2, 0) is 29.1 Å². The Bertz CT molecular complexity index is 1050. The lowest BCUT2D eigenvalue weighted by molar-refractivity contribution is -0.142. The molecule has 0 saturated heterocycles. The molecular weight excluding hydrogens is 376 g/mol. The van der Waals surface area contributed by atoms with Crippen molar-refractivity contribution in [2.45, 2.75) is 25.6 Å². The molecule has 0 radical (unpaired) electrons. The fourth-order valence-electron chi connectivity index (χ4n) is 3.91. The minimum Gasteiger partial charge on any atom is -0.496 e. The molecule has 4 rings (SSSR count). The summed E-state index contributed by atoms with van der Waals surface area (Å²) < 4.78 is 5.38. The van der Waals surface area contributed by atoms with Gasteiger partial charge in [-0.2, -0.15) is 0 Å². The van der Waals surface area contributed by atoms with E-state index in [1.807, 2.05) is 78.9 Å². The molecule has 3 aromatic rings. The van der Waals surface area contributed by atoms with Crippen LogP contribution in [0.4, 0.5) is 0 Å². The quantitative estimate of drug-likeness (QED) is 0.687. The number of para-hydroxylation sites is 1. The molecular formula is C25H24N2O3. The average molecular weight is 400 g/mol. The maximum atomic E-state index is 13.3. The largest absolute Gasteiger partial charge is 0.496 e. The molecule has 1 aliphatic rings. The molecule has 0 spiro atoms. The summed E-state index contributed by atoms with van der Waals surface area (Å²) in [6, 6.07) is 24.3. The lowest BCUT2D eigenvalue weighted by Gasteiger charge is -2.36. The third-order valence-electron chi connectivity index (χ3n) is 5.41. The summed E-state index contributed by atoms with van der Waals surface area (Å²) in [5, 5.41) is 3.01. The molecule has 152 valence electrons. The minimum absolute atomic E-state index is 0.0463. The fourth-order valence-corrected chi connectivity index (χ4v) is 3.91. The Balaban J connectivity index is 1.62. The van der Waals surface area contributed by atoms with Crippen molar-refractivity contribution < 1.29 is 14.3 Å². The summed E-state index contributed by atoms with van der Waals surface area (Å²) in [5.41, 5.74) is 3.67. The molecule has 0 aliphatic carbocycles. The van der Waals surface area contributed by atoms with Crippen LogP contribution in [0.2, 0.25) is 0 Å². The van der Waals surface area contributed by atoms with Gasteiger partial charge in [-0.15, -0.1) is 0 Å². The van der Waals surface area contributed by atoms with Gasteiger partial charge in [0.15, 0.2) is 0 Å². The molecule has 0 unspecified atom stereocenters. The number of ether oxygens (including phenoxy) is 1. The molecule has 30 heavy (non-hydrogen) atoms. The second-order valence-corrected chi connectivity index (χ2v) is 7.32. The van der Waals surface area contributed by atoms with Crippen LogP contribution in [0.1, 0.15) is 28.3 Å². The SMILES string of the molecule is COc1ccccc1CNC(=O)[C@H]1c2ccccc2CC(=O)N1Cc1ccccc1. The van der Waals surface area contributed by atoms with Crippen LogP contribution in [0, 0.1) is 0 Å². The number of hydrogen-bond donors (Lipinski definition) is 1. The van der Waals surface area contributed by atoms with E-state index in [0.717, 1.165) is 28.0 Å². The molecule has 3 aromatic carbocycles. The van der Waals surface area contributed by atoms with Gasteiger partial charge in [-0.1, -0.05) is 72.8 Å². The first-order valence-electron chi connectivity index (χ1n) is 9.98. The molecule has 1 aliphatic heterocycles. The monoisotopic (exact) mass is 400 g/mol. The van der Waals surface area contributed by atoms with Crippen molar-refractivity contribution in [2.75, 3.05) is 7.11 Å². The molecule has 0 fully saturated rings. The van der Waals surface area contributed by atoms with Crippen LogP contribution in [0.3, 0.4) is 0 Å². The molecule has 0 bridgehead atoms. The number of nitrogens with one attached hydrogen (secondary N) is 1. The van der Waals surface area contributed by atoms with Gasteiger partial charge >= 0.3 is 0 Å². The van der Waals surface area contributed by atoms with Crippen LogP contribution in [0.15, 0.2) is 78.9 Å². The number of rotatable bonds is 6. The van der Waals surface area contributed by atoms with Crippen molar-refractivity contribution in [1.82, 2.24) is 10.2 Å². The number of fused-ring (bicyclic) bond motifs is 1. The van der Waals surface area contributed by atoms with E-state index in [2.05, 4.69) is 5.32 Å². The Morgan fingerprint density at radius 2 is 1.70 bits per heavy atom. The topological polar surface area (TPSA) is 58.6 Å². The van der Waals surface area contributed by atoms with Crippen molar-refractivity contribution in [2.24, 2.45) is 0 Å².